The van der Waals surface area contributed by atoms with E-state index in [2.05, 4.69) is 15.7 Å². The Hall–Kier alpha value is -3.94. The summed E-state index contributed by atoms with van der Waals surface area (Å²) in [4.78, 5) is 36.9. The van der Waals surface area contributed by atoms with Crippen molar-refractivity contribution in [2.75, 3.05) is 17.2 Å². The normalized spacial score (nSPS) is 15.1. The number of carbonyl (C=O) groups excluding carboxylic acids is 3. The van der Waals surface area contributed by atoms with Gasteiger partial charge in [0.25, 0.3) is 0 Å². The molecule has 0 spiro atoms. The SMILES string of the molecule is CCOC(=O)c1ccc(NC(=O)[C@@H]2CC(=O)Nc3c(-c4ccccc4)cnn32)cc1. The van der Waals surface area contributed by atoms with Gasteiger partial charge in [0.05, 0.1) is 24.8 Å². The highest BCUT2D eigenvalue weighted by Crippen LogP contribution is 2.34. The number of aromatic nitrogens is 2. The summed E-state index contributed by atoms with van der Waals surface area (Å²) in [6.07, 6.45) is 1.63. The zero-order valence-electron chi connectivity index (χ0n) is 16.3. The first-order chi connectivity index (χ1) is 14.6. The zero-order chi connectivity index (χ0) is 21.1. The van der Waals surface area contributed by atoms with Crippen molar-refractivity contribution < 1.29 is 19.1 Å². The molecule has 1 aliphatic heterocycles. The minimum atomic E-state index is -0.782. The Morgan fingerprint density at radius 3 is 2.60 bits per heavy atom. The van der Waals surface area contributed by atoms with Crippen molar-refractivity contribution >= 4 is 29.3 Å². The Kier molecular flexibility index (Phi) is 5.30. The Labute approximate surface area is 172 Å². The van der Waals surface area contributed by atoms with E-state index in [1.54, 1.807) is 37.4 Å². The molecule has 0 aliphatic carbocycles. The highest BCUT2D eigenvalue weighted by molar-refractivity contribution is 6.03. The van der Waals surface area contributed by atoms with Crippen molar-refractivity contribution in [3.8, 4) is 11.1 Å². The van der Waals surface area contributed by atoms with E-state index in [9.17, 15) is 14.4 Å². The fraction of sp³-hybridized carbons (Fsp3) is 0.182. The molecule has 1 aliphatic rings. The predicted octanol–water partition coefficient (Wildman–Crippen LogP) is 3.25. The standard InChI is InChI=1S/C22H20N4O4/c1-2-30-22(29)15-8-10-16(11-9-15)24-21(28)18-12-19(27)25-20-17(13-23-26(18)20)14-6-4-3-5-7-14/h3-11,13,18H,2,12H2,1H3,(H,24,28)(H,25,27)/t18-/m0/s1. The first-order valence-corrected chi connectivity index (χ1v) is 9.57. The van der Waals surface area contributed by atoms with Crippen molar-refractivity contribution in [1.82, 2.24) is 9.78 Å². The Morgan fingerprint density at radius 1 is 1.17 bits per heavy atom. The molecule has 0 unspecified atom stereocenters. The van der Waals surface area contributed by atoms with Crippen LogP contribution in [0.1, 0.15) is 29.7 Å². The molecule has 2 N–H and O–H groups in total. The number of amides is 2. The van der Waals surface area contributed by atoms with Crippen LogP contribution in [0, 0.1) is 0 Å². The average Bonchev–Trinajstić information content (AvgIpc) is 3.18. The number of nitrogens with one attached hydrogen (secondary N) is 2. The molecule has 0 saturated carbocycles. The molecule has 1 atom stereocenters. The number of benzene rings is 2. The number of ether oxygens (including phenoxy) is 1. The first kappa shape index (κ1) is 19.4. The molecular weight excluding hydrogens is 384 g/mol. The van der Waals surface area contributed by atoms with Gasteiger partial charge in [-0.2, -0.15) is 5.10 Å². The number of carbonyl (C=O) groups is 3. The maximum atomic E-state index is 12.9. The molecule has 0 radical (unpaired) electrons. The molecule has 0 saturated heterocycles. The second kappa shape index (κ2) is 8.20. The summed E-state index contributed by atoms with van der Waals surface area (Å²) in [5.41, 5.74) is 2.56. The van der Waals surface area contributed by atoms with Crippen molar-refractivity contribution in [3.63, 3.8) is 0 Å². The zero-order valence-corrected chi connectivity index (χ0v) is 16.3. The van der Waals surface area contributed by atoms with E-state index in [-0.39, 0.29) is 24.8 Å². The van der Waals surface area contributed by atoms with Crippen LogP contribution in [0.2, 0.25) is 0 Å². The predicted molar refractivity (Wildman–Crippen MR) is 111 cm³/mol. The summed E-state index contributed by atoms with van der Waals surface area (Å²) in [7, 11) is 0. The summed E-state index contributed by atoms with van der Waals surface area (Å²) in [5, 5.41) is 9.96. The van der Waals surface area contributed by atoms with Crippen molar-refractivity contribution in [2.24, 2.45) is 0 Å². The number of hydrogen-bond acceptors (Lipinski definition) is 5. The maximum Gasteiger partial charge on any atom is 0.338 e. The fourth-order valence-electron chi connectivity index (χ4n) is 3.33. The Bertz CT molecular complexity index is 1090. The molecule has 2 aromatic carbocycles. The van der Waals surface area contributed by atoms with Crippen molar-refractivity contribution in [1.29, 1.82) is 0 Å². The number of hydrogen-bond donors (Lipinski definition) is 2. The molecule has 4 rings (SSSR count). The lowest BCUT2D eigenvalue weighted by molar-refractivity contribution is -0.125. The molecule has 0 fully saturated rings. The highest BCUT2D eigenvalue weighted by Gasteiger charge is 2.33. The molecular formula is C22H20N4O4. The van der Waals surface area contributed by atoms with E-state index in [1.807, 2.05) is 30.3 Å². The Balaban J connectivity index is 1.55. The van der Waals surface area contributed by atoms with Crippen molar-refractivity contribution in [2.45, 2.75) is 19.4 Å². The van der Waals surface area contributed by atoms with Gasteiger partial charge in [-0.15, -0.1) is 0 Å². The molecule has 8 heteroatoms. The topological polar surface area (TPSA) is 102 Å². The monoisotopic (exact) mass is 404 g/mol. The van der Waals surface area contributed by atoms with Crippen LogP contribution in [0.25, 0.3) is 11.1 Å². The number of esters is 1. The second-order valence-electron chi connectivity index (χ2n) is 6.77. The number of fused-ring (bicyclic) bond motifs is 1. The van der Waals surface area contributed by atoms with Crippen LogP contribution in [-0.2, 0) is 14.3 Å². The van der Waals surface area contributed by atoms with Crippen LogP contribution in [0.4, 0.5) is 11.5 Å². The van der Waals surface area contributed by atoms with E-state index in [0.29, 0.717) is 17.1 Å². The fourth-order valence-corrected chi connectivity index (χ4v) is 3.33. The van der Waals surface area contributed by atoms with Gasteiger partial charge in [-0.25, -0.2) is 9.48 Å². The molecule has 30 heavy (non-hydrogen) atoms. The minimum Gasteiger partial charge on any atom is -0.462 e. The van der Waals surface area contributed by atoms with Crippen LogP contribution >= 0.6 is 0 Å². The summed E-state index contributed by atoms with van der Waals surface area (Å²) in [5.74, 6) is -0.542. The van der Waals surface area contributed by atoms with Crippen LogP contribution in [0.15, 0.2) is 60.8 Å². The summed E-state index contributed by atoms with van der Waals surface area (Å²) in [6, 6.07) is 15.1. The summed E-state index contributed by atoms with van der Waals surface area (Å²) < 4.78 is 6.49. The molecule has 3 aromatic rings. The largest absolute Gasteiger partial charge is 0.462 e. The van der Waals surface area contributed by atoms with Gasteiger partial charge in [0.1, 0.15) is 11.9 Å². The highest BCUT2D eigenvalue weighted by atomic mass is 16.5. The van der Waals surface area contributed by atoms with Gasteiger partial charge in [0.15, 0.2) is 0 Å². The van der Waals surface area contributed by atoms with E-state index < -0.39 is 12.0 Å². The van der Waals surface area contributed by atoms with Gasteiger partial charge >= 0.3 is 5.97 Å². The van der Waals surface area contributed by atoms with Crippen molar-refractivity contribution in [3.05, 3.63) is 66.4 Å². The number of anilines is 2. The van der Waals surface area contributed by atoms with E-state index in [1.165, 1.54) is 4.68 Å². The maximum absolute atomic E-state index is 12.9. The third-order valence-electron chi connectivity index (χ3n) is 4.78. The molecule has 8 nitrogen and oxygen atoms in total. The van der Waals surface area contributed by atoms with Crippen LogP contribution in [0.3, 0.4) is 0 Å². The molecule has 0 bridgehead atoms. The third kappa shape index (κ3) is 3.80. The van der Waals surface area contributed by atoms with Gasteiger partial charge in [0, 0.05) is 11.3 Å². The van der Waals surface area contributed by atoms with Gasteiger partial charge in [-0.1, -0.05) is 30.3 Å². The molecule has 2 amide bonds. The van der Waals surface area contributed by atoms with E-state index in [4.69, 9.17) is 4.74 Å². The van der Waals surface area contributed by atoms with Gasteiger partial charge in [-0.3, -0.25) is 9.59 Å². The third-order valence-corrected chi connectivity index (χ3v) is 4.78. The molecule has 2 heterocycles. The lowest BCUT2D eigenvalue weighted by atomic mass is 10.1. The van der Waals surface area contributed by atoms with Gasteiger partial charge in [0.2, 0.25) is 11.8 Å². The Morgan fingerprint density at radius 2 is 1.90 bits per heavy atom. The minimum absolute atomic E-state index is 0.0182. The number of nitrogens with zero attached hydrogens (tertiary/aromatic N) is 2. The summed E-state index contributed by atoms with van der Waals surface area (Å²) >= 11 is 0. The van der Waals surface area contributed by atoms with Crippen LogP contribution in [-0.4, -0.2) is 34.2 Å². The quantitative estimate of drug-likeness (QED) is 0.636. The average molecular weight is 404 g/mol. The second-order valence-corrected chi connectivity index (χ2v) is 6.77. The van der Waals surface area contributed by atoms with Gasteiger partial charge in [-0.05, 0) is 36.8 Å². The molecule has 152 valence electrons. The van der Waals surface area contributed by atoms with Crippen LogP contribution < -0.4 is 10.6 Å². The summed E-state index contributed by atoms with van der Waals surface area (Å²) in [6.45, 7) is 2.03. The molecule has 1 aromatic heterocycles. The van der Waals surface area contributed by atoms with E-state index >= 15 is 0 Å². The lowest BCUT2D eigenvalue weighted by Gasteiger charge is -2.24. The van der Waals surface area contributed by atoms with Gasteiger partial charge < -0.3 is 15.4 Å². The van der Waals surface area contributed by atoms with E-state index in [0.717, 1.165) is 11.1 Å². The first-order valence-electron chi connectivity index (χ1n) is 9.57. The smallest absolute Gasteiger partial charge is 0.338 e. The lowest BCUT2D eigenvalue weighted by Crippen LogP contribution is -2.35. The van der Waals surface area contributed by atoms with Crippen LogP contribution in [0.5, 0.6) is 0 Å². The number of rotatable bonds is 5.